The summed E-state index contributed by atoms with van der Waals surface area (Å²) in [6.07, 6.45) is 76.1. The van der Waals surface area contributed by atoms with E-state index in [2.05, 4.69) is 142 Å². The van der Waals surface area contributed by atoms with Crippen molar-refractivity contribution < 1.29 is 28.6 Å². The Morgan fingerprint density at radius 3 is 1.06 bits per heavy atom. The van der Waals surface area contributed by atoms with Crippen LogP contribution in [-0.4, -0.2) is 37.2 Å². The zero-order chi connectivity index (χ0) is 49.3. The minimum Gasteiger partial charge on any atom is -0.462 e. The van der Waals surface area contributed by atoms with Crippen LogP contribution < -0.4 is 0 Å². The summed E-state index contributed by atoms with van der Waals surface area (Å²) in [6, 6.07) is 0. The molecule has 0 saturated heterocycles. The van der Waals surface area contributed by atoms with Crippen molar-refractivity contribution >= 4 is 17.9 Å². The van der Waals surface area contributed by atoms with Gasteiger partial charge < -0.3 is 14.2 Å². The summed E-state index contributed by atoms with van der Waals surface area (Å²) in [7, 11) is 0. The van der Waals surface area contributed by atoms with Crippen LogP contribution in [0, 0.1) is 0 Å². The average Bonchev–Trinajstić information content (AvgIpc) is 3.34. The number of rotatable bonds is 48. The van der Waals surface area contributed by atoms with Crippen LogP contribution in [0.4, 0.5) is 0 Å². The minimum atomic E-state index is -0.807. The summed E-state index contributed by atoms with van der Waals surface area (Å²) in [4.78, 5) is 38.1. The normalized spacial score (nSPS) is 13.0. The van der Waals surface area contributed by atoms with Crippen LogP contribution >= 0.6 is 0 Å². The Labute approximate surface area is 418 Å². The van der Waals surface area contributed by atoms with Gasteiger partial charge in [0.2, 0.25) is 0 Å². The molecule has 0 radical (unpaired) electrons. The summed E-state index contributed by atoms with van der Waals surface area (Å²) in [5.41, 5.74) is 0. The van der Waals surface area contributed by atoms with E-state index in [4.69, 9.17) is 14.2 Å². The molecule has 0 spiro atoms. The van der Waals surface area contributed by atoms with Gasteiger partial charge in [-0.25, -0.2) is 0 Å². The SMILES string of the molecule is CC/C=C/C=C/C=C/CCCCCCCC(=O)OCC(COC(=O)CCCCCCCC/C=C/C/C=C/C/C=C/C/C=C/CC)OC(=O)CCCCCCC/C=C/C=C/C=C/CCCCCCC. The summed E-state index contributed by atoms with van der Waals surface area (Å²) in [5, 5.41) is 0. The standard InChI is InChI=1S/C62H100O6/c1-4-7-10-13-16-19-22-25-27-29-31-33-34-37-40-43-46-49-52-55-61(64)67-58-59(57-66-60(63)54-51-48-45-42-39-36-24-21-18-15-12-9-6-3)68-62(65)56-53-50-47-44-41-38-35-32-30-28-26-23-20-17-14-11-8-5-2/h7,9-10,12,15-16,18-19,21,23-28,30-33,35,59H,4-6,8,11,13-14,17,20,22,29,34,36-58H2,1-3H3/b10-7+,12-9+,18-15+,19-16+,24-21+,26-23+,27-25+,30-28+,33-31+,35-32+. The van der Waals surface area contributed by atoms with Crippen molar-refractivity contribution in [3.8, 4) is 0 Å². The van der Waals surface area contributed by atoms with Crippen LogP contribution in [0.1, 0.15) is 233 Å². The second kappa shape index (κ2) is 55.4. The number of carbonyl (C=O) groups excluding carboxylic acids is 3. The fourth-order valence-electron chi connectivity index (χ4n) is 7.20. The molecule has 0 rings (SSSR count). The lowest BCUT2D eigenvalue weighted by molar-refractivity contribution is -0.167. The maximum atomic E-state index is 12.8. The molecule has 0 N–H and O–H groups in total. The first-order valence-electron chi connectivity index (χ1n) is 27.6. The van der Waals surface area contributed by atoms with E-state index in [1.807, 2.05) is 0 Å². The summed E-state index contributed by atoms with van der Waals surface area (Å²) in [5.74, 6) is -0.962. The Morgan fingerprint density at radius 2 is 0.647 bits per heavy atom. The fraction of sp³-hybridized carbons (Fsp3) is 0.629. The maximum Gasteiger partial charge on any atom is 0.306 e. The molecule has 1 atom stereocenters. The number of hydrogen-bond donors (Lipinski definition) is 0. The van der Waals surface area contributed by atoms with E-state index >= 15 is 0 Å². The molecule has 0 aliphatic heterocycles. The Kier molecular flexibility index (Phi) is 52.0. The van der Waals surface area contributed by atoms with Gasteiger partial charge in [0.05, 0.1) is 0 Å². The highest BCUT2D eigenvalue weighted by Crippen LogP contribution is 2.13. The molecule has 0 aliphatic rings. The molecule has 1 unspecified atom stereocenters. The van der Waals surface area contributed by atoms with Crippen LogP contribution in [-0.2, 0) is 28.6 Å². The monoisotopic (exact) mass is 941 g/mol. The second-order valence-corrected chi connectivity index (χ2v) is 17.8. The average molecular weight is 941 g/mol. The van der Waals surface area contributed by atoms with Crippen LogP contribution in [0.5, 0.6) is 0 Å². The highest BCUT2D eigenvalue weighted by Gasteiger charge is 2.19. The molecule has 0 aromatic rings. The summed E-state index contributed by atoms with van der Waals surface area (Å²) >= 11 is 0. The number of ether oxygens (including phenoxy) is 3. The molecule has 0 fully saturated rings. The predicted molar refractivity (Wildman–Crippen MR) is 293 cm³/mol. The minimum absolute atomic E-state index is 0.104. The van der Waals surface area contributed by atoms with Gasteiger partial charge in [0, 0.05) is 19.3 Å². The van der Waals surface area contributed by atoms with E-state index in [1.165, 1.54) is 44.9 Å². The third-order valence-corrected chi connectivity index (χ3v) is 11.3. The lowest BCUT2D eigenvalue weighted by atomic mass is 10.1. The fourth-order valence-corrected chi connectivity index (χ4v) is 7.20. The van der Waals surface area contributed by atoms with Crippen molar-refractivity contribution in [3.05, 3.63) is 122 Å². The second-order valence-electron chi connectivity index (χ2n) is 17.8. The molecule has 0 aromatic heterocycles. The van der Waals surface area contributed by atoms with Crippen molar-refractivity contribution in [3.63, 3.8) is 0 Å². The van der Waals surface area contributed by atoms with E-state index < -0.39 is 6.10 Å². The molecule has 0 aliphatic carbocycles. The molecule has 0 heterocycles. The van der Waals surface area contributed by atoms with Crippen molar-refractivity contribution in [1.29, 1.82) is 0 Å². The first kappa shape index (κ1) is 63.8. The van der Waals surface area contributed by atoms with Crippen LogP contribution in [0.15, 0.2) is 122 Å². The number of carbonyl (C=O) groups is 3. The van der Waals surface area contributed by atoms with E-state index in [9.17, 15) is 14.4 Å². The summed E-state index contributed by atoms with van der Waals surface area (Å²) < 4.78 is 16.8. The zero-order valence-corrected chi connectivity index (χ0v) is 43.8. The molecule has 384 valence electrons. The van der Waals surface area contributed by atoms with Gasteiger partial charge in [-0.1, -0.05) is 232 Å². The summed E-state index contributed by atoms with van der Waals surface area (Å²) in [6.45, 7) is 6.32. The van der Waals surface area contributed by atoms with Crippen molar-refractivity contribution in [2.75, 3.05) is 13.2 Å². The van der Waals surface area contributed by atoms with E-state index in [0.29, 0.717) is 19.3 Å². The molecule has 6 nitrogen and oxygen atoms in total. The van der Waals surface area contributed by atoms with Gasteiger partial charge in [-0.05, 0) is 103 Å². The van der Waals surface area contributed by atoms with Gasteiger partial charge >= 0.3 is 17.9 Å². The van der Waals surface area contributed by atoms with Gasteiger partial charge in [-0.3, -0.25) is 14.4 Å². The lowest BCUT2D eigenvalue weighted by Crippen LogP contribution is -2.30. The van der Waals surface area contributed by atoms with Gasteiger partial charge in [0.15, 0.2) is 6.10 Å². The van der Waals surface area contributed by atoms with Gasteiger partial charge in [-0.15, -0.1) is 0 Å². The van der Waals surface area contributed by atoms with Crippen molar-refractivity contribution in [2.24, 2.45) is 0 Å². The molecule has 0 saturated carbocycles. The molecular weight excluding hydrogens is 841 g/mol. The molecule has 0 amide bonds. The molecule has 0 aromatic carbocycles. The topological polar surface area (TPSA) is 78.9 Å². The van der Waals surface area contributed by atoms with E-state index in [0.717, 1.165) is 148 Å². The molecule has 6 heteroatoms. The quantitative estimate of drug-likeness (QED) is 0.0199. The number of allylic oxidation sites excluding steroid dienone is 20. The third kappa shape index (κ3) is 52.8. The smallest absolute Gasteiger partial charge is 0.306 e. The highest BCUT2D eigenvalue weighted by molar-refractivity contribution is 5.71. The Morgan fingerprint density at radius 1 is 0.324 bits per heavy atom. The van der Waals surface area contributed by atoms with Gasteiger partial charge in [0.1, 0.15) is 13.2 Å². The van der Waals surface area contributed by atoms with Gasteiger partial charge in [-0.2, -0.15) is 0 Å². The maximum absolute atomic E-state index is 12.8. The van der Waals surface area contributed by atoms with E-state index in [1.54, 1.807) is 0 Å². The van der Waals surface area contributed by atoms with Crippen molar-refractivity contribution in [1.82, 2.24) is 0 Å². The van der Waals surface area contributed by atoms with Crippen LogP contribution in [0.25, 0.3) is 0 Å². The predicted octanol–water partition coefficient (Wildman–Crippen LogP) is 18.5. The number of esters is 3. The molecular formula is C62H100O6. The molecule has 0 bridgehead atoms. The Bertz CT molecular complexity index is 1450. The highest BCUT2D eigenvalue weighted by atomic mass is 16.6. The first-order chi connectivity index (χ1) is 33.5. The first-order valence-corrected chi connectivity index (χ1v) is 27.6. The molecule has 68 heavy (non-hydrogen) atoms. The number of unbranched alkanes of at least 4 members (excludes halogenated alkanes) is 21. The van der Waals surface area contributed by atoms with Gasteiger partial charge in [0.25, 0.3) is 0 Å². The number of hydrogen-bond acceptors (Lipinski definition) is 6. The zero-order valence-electron chi connectivity index (χ0n) is 43.8. The van der Waals surface area contributed by atoms with Crippen molar-refractivity contribution in [2.45, 2.75) is 239 Å². The third-order valence-electron chi connectivity index (χ3n) is 11.3. The van der Waals surface area contributed by atoms with Crippen LogP contribution in [0.2, 0.25) is 0 Å². The lowest BCUT2D eigenvalue weighted by Gasteiger charge is -2.18. The Balaban J connectivity index is 4.49. The Hall–Kier alpha value is -4.19. The van der Waals surface area contributed by atoms with E-state index in [-0.39, 0.29) is 31.1 Å². The van der Waals surface area contributed by atoms with Crippen LogP contribution in [0.3, 0.4) is 0 Å². The largest absolute Gasteiger partial charge is 0.462 e.